The number of aromatic nitrogens is 1. The van der Waals surface area contributed by atoms with E-state index in [9.17, 15) is 10.1 Å². The minimum absolute atomic E-state index is 0.00275. The van der Waals surface area contributed by atoms with Gasteiger partial charge in [0.05, 0.1) is 26.8 Å². The van der Waals surface area contributed by atoms with Gasteiger partial charge in [-0.2, -0.15) is 0 Å². The van der Waals surface area contributed by atoms with E-state index in [-0.39, 0.29) is 5.69 Å². The Labute approximate surface area is 127 Å². The first kappa shape index (κ1) is 15.7. The number of hydrogen-bond acceptors (Lipinski definition) is 6. The lowest BCUT2D eigenvalue weighted by molar-refractivity contribution is -0.385. The summed E-state index contributed by atoms with van der Waals surface area (Å²) in [6.07, 6.45) is 0.795. The second-order valence-electron chi connectivity index (χ2n) is 5.09. The zero-order valence-corrected chi connectivity index (χ0v) is 13.2. The number of rotatable bonds is 7. The van der Waals surface area contributed by atoms with Gasteiger partial charge in [-0.05, 0) is 19.9 Å². The van der Waals surface area contributed by atoms with E-state index in [1.165, 1.54) is 11.3 Å². The fourth-order valence-electron chi connectivity index (χ4n) is 1.96. The average molecular weight is 309 g/mol. The largest absolute Gasteiger partial charge is 0.487 e. The molecule has 0 aliphatic carbocycles. The van der Waals surface area contributed by atoms with Gasteiger partial charge in [0.25, 0.3) is 0 Å². The predicted molar refractivity (Wildman–Crippen MR) is 84.3 cm³/mol. The number of hydrogen-bond donors (Lipinski definition) is 1. The maximum absolute atomic E-state index is 11.1. The van der Waals surface area contributed by atoms with Crippen molar-refractivity contribution in [3.63, 3.8) is 0 Å². The van der Waals surface area contributed by atoms with Gasteiger partial charge in [-0.25, -0.2) is 4.98 Å². The third kappa shape index (κ3) is 4.12. The van der Waals surface area contributed by atoms with Crippen molar-refractivity contribution < 1.29 is 9.66 Å². The molecule has 0 aliphatic rings. The molecule has 7 heteroatoms. The number of nitro groups is 1. The van der Waals surface area contributed by atoms with Gasteiger partial charge in [-0.1, -0.05) is 13.8 Å². The molecule has 2 rings (SSSR count). The van der Waals surface area contributed by atoms with Crippen LogP contribution in [0, 0.1) is 17.0 Å². The summed E-state index contributed by atoms with van der Waals surface area (Å²) in [5, 5.41) is 15.3. The summed E-state index contributed by atoms with van der Waals surface area (Å²) in [7, 11) is 0. The number of fused-ring (bicyclic) bond motifs is 1. The van der Waals surface area contributed by atoms with Crippen LogP contribution in [0.25, 0.3) is 10.2 Å². The Bertz CT molecular complexity index is 640. The molecule has 0 atom stereocenters. The van der Waals surface area contributed by atoms with Crippen LogP contribution >= 0.6 is 11.3 Å². The highest BCUT2D eigenvalue weighted by Gasteiger charge is 2.18. The van der Waals surface area contributed by atoms with Crippen molar-refractivity contribution in [2.45, 2.75) is 33.2 Å². The van der Waals surface area contributed by atoms with Crippen LogP contribution in [-0.2, 0) is 0 Å². The van der Waals surface area contributed by atoms with E-state index in [0.717, 1.165) is 28.2 Å². The molecule has 1 aromatic carbocycles. The summed E-state index contributed by atoms with van der Waals surface area (Å²) in [5.41, 5.74) is 0.751. The Morgan fingerprint density at radius 2 is 2.24 bits per heavy atom. The number of benzene rings is 1. The summed E-state index contributed by atoms with van der Waals surface area (Å²) in [5.74, 6) is 0.294. The minimum atomic E-state index is -0.407. The molecular formula is C14H19N3O3S. The van der Waals surface area contributed by atoms with Gasteiger partial charge < -0.3 is 10.1 Å². The molecule has 0 radical (unpaired) electrons. The van der Waals surface area contributed by atoms with Gasteiger partial charge in [0.2, 0.25) is 0 Å². The molecule has 0 aliphatic heterocycles. The molecule has 21 heavy (non-hydrogen) atoms. The lowest BCUT2D eigenvalue weighted by atomic mass is 10.2. The molecule has 0 unspecified atom stereocenters. The monoisotopic (exact) mass is 309 g/mol. The molecule has 0 saturated carbocycles. The Morgan fingerprint density at radius 1 is 1.48 bits per heavy atom. The summed E-state index contributed by atoms with van der Waals surface area (Å²) in [6.45, 7) is 7.29. The number of nitrogens with one attached hydrogen (secondary N) is 1. The third-order valence-corrected chi connectivity index (χ3v) is 3.84. The van der Waals surface area contributed by atoms with Gasteiger partial charge in [-0.15, -0.1) is 11.3 Å². The molecular weight excluding hydrogens is 290 g/mol. The topological polar surface area (TPSA) is 77.3 Å². The smallest absolute Gasteiger partial charge is 0.312 e. The van der Waals surface area contributed by atoms with Crippen molar-refractivity contribution in [3.8, 4) is 5.75 Å². The second kappa shape index (κ2) is 6.82. The molecule has 2 aromatic rings. The normalized spacial score (nSPS) is 11.2. The Kier molecular flexibility index (Phi) is 5.08. The summed E-state index contributed by atoms with van der Waals surface area (Å²) in [6, 6.07) is 3.63. The van der Waals surface area contributed by atoms with Crippen LogP contribution in [0.4, 0.5) is 5.69 Å². The molecule has 114 valence electrons. The molecule has 0 spiro atoms. The van der Waals surface area contributed by atoms with E-state index in [2.05, 4.69) is 24.1 Å². The molecule has 0 fully saturated rings. The number of nitro benzene ring substituents is 1. The Morgan fingerprint density at radius 3 is 2.90 bits per heavy atom. The zero-order valence-electron chi connectivity index (χ0n) is 12.4. The van der Waals surface area contributed by atoms with Gasteiger partial charge in [0, 0.05) is 18.2 Å². The third-order valence-electron chi connectivity index (χ3n) is 2.90. The molecule has 1 heterocycles. The fourth-order valence-corrected chi connectivity index (χ4v) is 2.80. The van der Waals surface area contributed by atoms with Crippen LogP contribution in [0.1, 0.15) is 25.3 Å². The van der Waals surface area contributed by atoms with Crippen LogP contribution in [0.2, 0.25) is 0 Å². The van der Waals surface area contributed by atoms with E-state index in [1.807, 2.05) is 6.92 Å². The maximum Gasteiger partial charge on any atom is 0.312 e. The SMILES string of the molecule is Cc1nc2cc(OCCCNC(C)C)c([N+](=O)[O-])cc2s1. The number of thiazole rings is 1. The van der Waals surface area contributed by atoms with Crippen LogP contribution in [0.5, 0.6) is 5.75 Å². The summed E-state index contributed by atoms with van der Waals surface area (Å²) < 4.78 is 6.39. The molecule has 0 amide bonds. The van der Waals surface area contributed by atoms with Crippen molar-refractivity contribution in [1.82, 2.24) is 10.3 Å². The Balaban J connectivity index is 2.09. The molecule has 0 saturated heterocycles. The number of nitrogens with zero attached hydrogens (tertiary/aromatic N) is 2. The molecule has 0 bridgehead atoms. The van der Waals surface area contributed by atoms with Crippen LogP contribution in [-0.4, -0.2) is 29.1 Å². The van der Waals surface area contributed by atoms with Crippen LogP contribution in [0.3, 0.4) is 0 Å². The highest BCUT2D eigenvalue weighted by molar-refractivity contribution is 7.18. The highest BCUT2D eigenvalue weighted by atomic mass is 32.1. The van der Waals surface area contributed by atoms with Crippen molar-refractivity contribution in [1.29, 1.82) is 0 Å². The second-order valence-corrected chi connectivity index (χ2v) is 6.32. The quantitative estimate of drug-likeness (QED) is 0.482. The van der Waals surface area contributed by atoms with E-state index >= 15 is 0 Å². The lowest BCUT2D eigenvalue weighted by Gasteiger charge is -2.09. The van der Waals surface area contributed by atoms with Gasteiger partial charge >= 0.3 is 5.69 Å². The standard InChI is InChI=1S/C14H19N3O3S/c1-9(2)15-5-4-6-20-13-7-11-14(21-10(3)16-11)8-12(13)17(18)19/h7-9,15H,4-6H2,1-3H3. The van der Waals surface area contributed by atoms with Crippen LogP contribution < -0.4 is 10.1 Å². The number of aryl methyl sites for hydroxylation is 1. The zero-order chi connectivity index (χ0) is 15.4. The van der Waals surface area contributed by atoms with Crippen molar-refractivity contribution in [3.05, 3.63) is 27.3 Å². The fraction of sp³-hybridized carbons (Fsp3) is 0.500. The average Bonchev–Trinajstić information content (AvgIpc) is 2.75. The van der Waals surface area contributed by atoms with Gasteiger partial charge in [0.1, 0.15) is 0 Å². The summed E-state index contributed by atoms with van der Waals surface area (Å²) >= 11 is 1.45. The van der Waals surface area contributed by atoms with E-state index in [0.29, 0.717) is 18.4 Å². The van der Waals surface area contributed by atoms with E-state index in [1.54, 1.807) is 12.1 Å². The number of ether oxygens (including phenoxy) is 1. The predicted octanol–water partition coefficient (Wildman–Crippen LogP) is 3.28. The molecule has 1 N–H and O–H groups in total. The van der Waals surface area contributed by atoms with Crippen LogP contribution in [0.15, 0.2) is 12.1 Å². The first-order chi connectivity index (χ1) is 9.97. The highest BCUT2D eigenvalue weighted by Crippen LogP contribution is 2.34. The van der Waals surface area contributed by atoms with Crippen molar-refractivity contribution in [2.24, 2.45) is 0 Å². The van der Waals surface area contributed by atoms with E-state index < -0.39 is 4.92 Å². The van der Waals surface area contributed by atoms with E-state index in [4.69, 9.17) is 4.74 Å². The molecule has 6 nitrogen and oxygen atoms in total. The van der Waals surface area contributed by atoms with Gasteiger partial charge in [0.15, 0.2) is 5.75 Å². The minimum Gasteiger partial charge on any atom is -0.487 e. The Hall–Kier alpha value is -1.73. The maximum atomic E-state index is 11.1. The first-order valence-corrected chi connectivity index (χ1v) is 7.71. The molecule has 1 aromatic heterocycles. The van der Waals surface area contributed by atoms with Crippen molar-refractivity contribution >= 4 is 27.2 Å². The van der Waals surface area contributed by atoms with Gasteiger partial charge in [-0.3, -0.25) is 10.1 Å². The van der Waals surface area contributed by atoms with Crippen molar-refractivity contribution in [2.75, 3.05) is 13.2 Å². The first-order valence-electron chi connectivity index (χ1n) is 6.89. The lowest BCUT2D eigenvalue weighted by Crippen LogP contribution is -2.24. The summed E-state index contributed by atoms with van der Waals surface area (Å²) in [4.78, 5) is 15.1.